The summed E-state index contributed by atoms with van der Waals surface area (Å²) in [4.78, 5) is 29.6. The summed E-state index contributed by atoms with van der Waals surface area (Å²) >= 11 is 1.28. The minimum Gasteiger partial charge on any atom is -0.481 e. The maximum Gasteiger partial charge on any atom is 0.304 e. The summed E-state index contributed by atoms with van der Waals surface area (Å²) < 4.78 is 0. The van der Waals surface area contributed by atoms with E-state index in [0.717, 1.165) is 0 Å². The molecule has 0 aliphatic heterocycles. The van der Waals surface area contributed by atoms with Crippen molar-refractivity contribution in [1.82, 2.24) is 9.97 Å². The molecule has 1 unspecified atom stereocenters. The van der Waals surface area contributed by atoms with Gasteiger partial charge in [0.15, 0.2) is 0 Å². The number of hydrogen-bond acceptors (Lipinski definition) is 5. The summed E-state index contributed by atoms with van der Waals surface area (Å²) in [7, 11) is 0. The highest BCUT2D eigenvalue weighted by molar-refractivity contribution is 8.00. The highest BCUT2D eigenvalue weighted by atomic mass is 32.2. The van der Waals surface area contributed by atoms with E-state index in [2.05, 4.69) is 15.3 Å². The fraction of sp³-hybridized carbons (Fsp3) is 0.400. The number of nitrogens with zero attached hydrogens (tertiary/aromatic N) is 2. The van der Waals surface area contributed by atoms with E-state index in [1.807, 2.05) is 0 Å². The molecule has 6 nitrogen and oxygen atoms in total. The first-order valence-corrected chi connectivity index (χ1v) is 6.03. The molecule has 0 saturated carbocycles. The Morgan fingerprint density at radius 3 is 2.71 bits per heavy atom. The van der Waals surface area contributed by atoms with Gasteiger partial charge in [0.05, 0.1) is 12.2 Å². The second-order valence-electron chi connectivity index (χ2n) is 3.34. The van der Waals surface area contributed by atoms with Gasteiger partial charge in [-0.1, -0.05) is 6.92 Å². The third kappa shape index (κ3) is 5.86. The van der Waals surface area contributed by atoms with Crippen LogP contribution in [0.25, 0.3) is 0 Å². The monoisotopic (exact) mass is 255 g/mol. The van der Waals surface area contributed by atoms with Crippen LogP contribution in [0.2, 0.25) is 0 Å². The summed E-state index contributed by atoms with van der Waals surface area (Å²) in [6, 6.07) is 1.65. The van der Waals surface area contributed by atoms with Crippen LogP contribution < -0.4 is 5.32 Å². The Balaban J connectivity index is 2.28. The first kappa shape index (κ1) is 13.4. The van der Waals surface area contributed by atoms with Crippen LogP contribution >= 0.6 is 11.8 Å². The Hall–Kier alpha value is -1.63. The number of carbonyl (C=O) groups is 2. The molecular formula is C10H13N3O3S. The van der Waals surface area contributed by atoms with Crippen LogP contribution in [-0.4, -0.2) is 38.0 Å². The van der Waals surface area contributed by atoms with E-state index in [1.54, 1.807) is 13.0 Å². The largest absolute Gasteiger partial charge is 0.481 e. The van der Waals surface area contributed by atoms with E-state index >= 15 is 0 Å². The van der Waals surface area contributed by atoms with Crippen molar-refractivity contribution in [3.63, 3.8) is 0 Å². The number of aromatic nitrogens is 2. The second-order valence-corrected chi connectivity index (χ2v) is 4.77. The highest BCUT2D eigenvalue weighted by Crippen LogP contribution is 2.13. The fourth-order valence-corrected chi connectivity index (χ4v) is 1.82. The van der Waals surface area contributed by atoms with Crippen molar-refractivity contribution in [3.8, 4) is 0 Å². The average Bonchev–Trinajstić information content (AvgIpc) is 2.27. The van der Waals surface area contributed by atoms with Crippen LogP contribution in [0, 0.1) is 0 Å². The Morgan fingerprint density at radius 2 is 2.12 bits per heavy atom. The molecule has 17 heavy (non-hydrogen) atoms. The molecule has 1 aromatic heterocycles. The molecule has 1 aromatic rings. The van der Waals surface area contributed by atoms with Crippen LogP contribution in [0.1, 0.15) is 13.3 Å². The van der Waals surface area contributed by atoms with Crippen LogP contribution in [0.5, 0.6) is 0 Å². The number of rotatable bonds is 6. The predicted octanol–water partition coefficient (Wildman–Crippen LogP) is 1.01. The maximum atomic E-state index is 11.4. The molecule has 2 N–H and O–H groups in total. The molecule has 0 saturated heterocycles. The number of carboxylic acids is 1. The summed E-state index contributed by atoms with van der Waals surface area (Å²) in [6.07, 6.45) is 3.10. The highest BCUT2D eigenvalue weighted by Gasteiger charge is 2.11. The molecule has 7 heteroatoms. The van der Waals surface area contributed by atoms with Crippen molar-refractivity contribution in [2.24, 2.45) is 0 Å². The Kier molecular flexibility index (Phi) is 5.41. The van der Waals surface area contributed by atoms with Gasteiger partial charge in [-0.05, 0) is 6.07 Å². The Bertz CT molecular complexity index is 386. The SMILES string of the molecule is CC(CC(=O)O)SCC(=O)Nc1ncccn1. The maximum absolute atomic E-state index is 11.4. The Morgan fingerprint density at radius 1 is 1.47 bits per heavy atom. The van der Waals surface area contributed by atoms with Gasteiger partial charge in [-0.2, -0.15) is 0 Å². The van der Waals surface area contributed by atoms with Gasteiger partial charge in [0, 0.05) is 17.6 Å². The van der Waals surface area contributed by atoms with Crippen molar-refractivity contribution in [2.45, 2.75) is 18.6 Å². The predicted molar refractivity (Wildman–Crippen MR) is 64.8 cm³/mol. The fourth-order valence-electron chi connectivity index (χ4n) is 1.05. The van der Waals surface area contributed by atoms with E-state index in [1.165, 1.54) is 24.2 Å². The van der Waals surface area contributed by atoms with E-state index in [0.29, 0.717) is 0 Å². The number of nitrogens with one attached hydrogen (secondary N) is 1. The zero-order valence-electron chi connectivity index (χ0n) is 9.29. The minimum atomic E-state index is -0.864. The average molecular weight is 255 g/mol. The molecule has 0 aliphatic rings. The lowest BCUT2D eigenvalue weighted by Gasteiger charge is -2.07. The van der Waals surface area contributed by atoms with Gasteiger partial charge >= 0.3 is 5.97 Å². The van der Waals surface area contributed by atoms with Gasteiger partial charge in [0.2, 0.25) is 11.9 Å². The zero-order valence-corrected chi connectivity index (χ0v) is 10.1. The molecule has 0 fully saturated rings. The van der Waals surface area contributed by atoms with Crippen molar-refractivity contribution in [3.05, 3.63) is 18.5 Å². The Labute approximate surface area is 103 Å². The van der Waals surface area contributed by atoms with Gasteiger partial charge in [-0.25, -0.2) is 9.97 Å². The molecule has 92 valence electrons. The molecule has 0 bridgehead atoms. The molecule has 0 aromatic carbocycles. The van der Waals surface area contributed by atoms with Gasteiger partial charge in [0.25, 0.3) is 0 Å². The van der Waals surface area contributed by atoms with Gasteiger partial charge in [-0.3, -0.25) is 14.9 Å². The van der Waals surface area contributed by atoms with Gasteiger partial charge in [-0.15, -0.1) is 11.8 Å². The lowest BCUT2D eigenvalue weighted by atomic mass is 10.3. The normalized spacial score (nSPS) is 11.8. The second kappa shape index (κ2) is 6.85. The van der Waals surface area contributed by atoms with Crippen molar-refractivity contribution in [2.75, 3.05) is 11.1 Å². The van der Waals surface area contributed by atoms with Gasteiger partial charge in [0.1, 0.15) is 0 Å². The number of anilines is 1. The molecule has 1 rings (SSSR count). The first-order valence-electron chi connectivity index (χ1n) is 4.98. The molecule has 0 radical (unpaired) electrons. The zero-order chi connectivity index (χ0) is 12.7. The third-order valence-corrected chi connectivity index (χ3v) is 2.94. The van der Waals surface area contributed by atoms with Crippen molar-refractivity contribution < 1.29 is 14.7 Å². The number of amides is 1. The molecule has 1 atom stereocenters. The first-order chi connectivity index (χ1) is 8.08. The van der Waals surface area contributed by atoms with Crippen LogP contribution in [0.3, 0.4) is 0 Å². The minimum absolute atomic E-state index is 0.0415. The lowest BCUT2D eigenvalue weighted by Crippen LogP contribution is -2.18. The molecule has 1 amide bonds. The van der Waals surface area contributed by atoms with Crippen LogP contribution in [-0.2, 0) is 9.59 Å². The van der Waals surface area contributed by atoms with Gasteiger partial charge < -0.3 is 5.11 Å². The molecule has 0 aliphatic carbocycles. The summed E-state index contributed by atoms with van der Waals surface area (Å²) in [5.41, 5.74) is 0. The lowest BCUT2D eigenvalue weighted by molar-refractivity contribution is -0.136. The standard InChI is InChI=1S/C10H13N3O3S/c1-7(5-9(15)16)17-6-8(14)13-10-11-3-2-4-12-10/h2-4,7H,5-6H2,1H3,(H,15,16)(H,11,12,13,14). The van der Waals surface area contributed by atoms with E-state index in [9.17, 15) is 9.59 Å². The molecule has 1 heterocycles. The van der Waals surface area contributed by atoms with E-state index < -0.39 is 5.97 Å². The molecular weight excluding hydrogens is 242 g/mol. The van der Waals surface area contributed by atoms with E-state index in [4.69, 9.17) is 5.11 Å². The number of aliphatic carboxylic acids is 1. The van der Waals surface area contributed by atoms with Crippen molar-refractivity contribution in [1.29, 1.82) is 0 Å². The van der Waals surface area contributed by atoms with Crippen molar-refractivity contribution >= 4 is 29.6 Å². The number of carboxylic acid groups (broad SMARTS) is 1. The number of carbonyl (C=O) groups excluding carboxylic acids is 1. The third-order valence-electron chi connectivity index (χ3n) is 1.78. The number of thioether (sulfide) groups is 1. The quantitative estimate of drug-likeness (QED) is 0.788. The van der Waals surface area contributed by atoms with Crippen LogP contribution in [0.4, 0.5) is 5.95 Å². The number of hydrogen-bond donors (Lipinski definition) is 2. The molecule has 0 spiro atoms. The summed E-state index contributed by atoms with van der Waals surface area (Å²) in [5.74, 6) is -0.661. The summed E-state index contributed by atoms with van der Waals surface area (Å²) in [6.45, 7) is 1.77. The van der Waals surface area contributed by atoms with E-state index in [-0.39, 0.29) is 29.3 Å². The topological polar surface area (TPSA) is 92.2 Å². The van der Waals surface area contributed by atoms with Crippen LogP contribution in [0.15, 0.2) is 18.5 Å². The smallest absolute Gasteiger partial charge is 0.304 e. The summed E-state index contributed by atoms with van der Waals surface area (Å²) in [5, 5.41) is 11.0.